The Morgan fingerprint density at radius 1 is 1.20 bits per heavy atom. The van der Waals surface area contributed by atoms with Crippen LogP contribution in [0.2, 0.25) is 0 Å². The Labute approximate surface area is 116 Å². The van der Waals surface area contributed by atoms with Gasteiger partial charge in [0, 0.05) is 12.5 Å². The molecule has 1 fully saturated rings. The average Bonchev–Trinajstić information content (AvgIpc) is 2.38. The van der Waals surface area contributed by atoms with Crippen molar-refractivity contribution in [1.82, 2.24) is 5.32 Å². The van der Waals surface area contributed by atoms with Crippen LogP contribution in [0.4, 0.5) is 17.6 Å². The number of rotatable bonds is 2. The zero-order chi connectivity index (χ0) is 15.0. The van der Waals surface area contributed by atoms with Gasteiger partial charge in [-0.2, -0.15) is 13.2 Å². The molecule has 1 nitrogen and oxygen atoms in total. The first-order valence-corrected chi connectivity index (χ1v) is 6.81. The maximum atomic E-state index is 15.1. The zero-order valence-corrected chi connectivity index (χ0v) is 11.6. The van der Waals surface area contributed by atoms with Crippen molar-refractivity contribution in [3.05, 3.63) is 34.9 Å². The Bertz CT molecular complexity index is 473. The third kappa shape index (κ3) is 2.97. The van der Waals surface area contributed by atoms with Gasteiger partial charge in [0.2, 0.25) is 0 Å². The molecule has 0 aliphatic carbocycles. The minimum Gasteiger partial charge on any atom is -0.316 e. The van der Waals surface area contributed by atoms with Gasteiger partial charge in [0.15, 0.2) is 0 Å². The molecule has 1 N–H and O–H groups in total. The molecule has 20 heavy (non-hydrogen) atoms. The summed E-state index contributed by atoms with van der Waals surface area (Å²) in [6.07, 6.45) is -2.74. The maximum absolute atomic E-state index is 15.1. The third-order valence-corrected chi connectivity index (χ3v) is 4.14. The normalized spacial score (nSPS) is 23.4. The Hall–Kier alpha value is -1.10. The van der Waals surface area contributed by atoms with E-state index in [-0.39, 0.29) is 5.92 Å². The van der Waals surface area contributed by atoms with Crippen LogP contribution in [0, 0.1) is 12.8 Å². The molecule has 0 amide bonds. The zero-order valence-electron chi connectivity index (χ0n) is 11.6. The summed E-state index contributed by atoms with van der Waals surface area (Å²) in [5.74, 6) is -0.202. The number of alkyl halides is 4. The van der Waals surface area contributed by atoms with E-state index < -0.39 is 17.4 Å². The predicted octanol–water partition coefficient (Wildman–Crippen LogP) is 4.20. The Balaban J connectivity index is 2.32. The minimum atomic E-state index is -4.39. The van der Waals surface area contributed by atoms with Gasteiger partial charge in [-0.25, -0.2) is 4.39 Å². The molecule has 1 saturated heterocycles. The number of aryl methyl sites for hydroxylation is 1. The van der Waals surface area contributed by atoms with E-state index in [0.29, 0.717) is 17.7 Å². The lowest BCUT2D eigenvalue weighted by Gasteiger charge is -2.35. The van der Waals surface area contributed by atoms with Crippen LogP contribution in [0.15, 0.2) is 18.2 Å². The van der Waals surface area contributed by atoms with Crippen LogP contribution in [0.25, 0.3) is 0 Å². The number of benzene rings is 1. The first-order valence-electron chi connectivity index (χ1n) is 6.81. The molecule has 1 aliphatic rings. The van der Waals surface area contributed by atoms with Crippen molar-refractivity contribution in [1.29, 1.82) is 0 Å². The number of hydrogen-bond acceptors (Lipinski definition) is 1. The van der Waals surface area contributed by atoms with Crippen molar-refractivity contribution in [2.75, 3.05) is 13.1 Å². The van der Waals surface area contributed by atoms with E-state index in [9.17, 15) is 13.2 Å². The molecule has 5 heteroatoms. The van der Waals surface area contributed by atoms with Crippen molar-refractivity contribution in [2.24, 2.45) is 5.92 Å². The van der Waals surface area contributed by atoms with Crippen molar-refractivity contribution < 1.29 is 17.6 Å². The lowest BCUT2D eigenvalue weighted by Crippen LogP contribution is -2.40. The van der Waals surface area contributed by atoms with Gasteiger partial charge in [0.1, 0.15) is 5.67 Å². The molecule has 0 bridgehead atoms. The van der Waals surface area contributed by atoms with Crippen LogP contribution >= 0.6 is 0 Å². The van der Waals surface area contributed by atoms with Gasteiger partial charge in [0.25, 0.3) is 0 Å². The predicted molar refractivity (Wildman–Crippen MR) is 70.2 cm³/mol. The molecular formula is C15H19F4N. The first kappa shape index (κ1) is 15.3. The summed E-state index contributed by atoms with van der Waals surface area (Å²) >= 11 is 0. The molecular weight excluding hydrogens is 270 g/mol. The molecule has 1 aromatic rings. The van der Waals surface area contributed by atoms with Crippen LogP contribution in [0.3, 0.4) is 0 Å². The van der Waals surface area contributed by atoms with Gasteiger partial charge in [-0.05, 0) is 56.5 Å². The molecule has 1 aliphatic heterocycles. The minimum absolute atomic E-state index is 0.202. The monoisotopic (exact) mass is 289 g/mol. The Morgan fingerprint density at radius 2 is 1.90 bits per heavy atom. The van der Waals surface area contributed by atoms with E-state index in [4.69, 9.17) is 0 Å². The van der Waals surface area contributed by atoms with Gasteiger partial charge in [-0.15, -0.1) is 0 Å². The molecule has 1 heterocycles. The van der Waals surface area contributed by atoms with Gasteiger partial charge in [-0.3, -0.25) is 0 Å². The molecule has 0 aromatic heterocycles. The first-order chi connectivity index (χ1) is 9.23. The smallest absolute Gasteiger partial charge is 0.316 e. The SMILES string of the molecule is Cc1cc(C(F)(F)F)ccc1C(C)(F)C1CCCNC1. The lowest BCUT2D eigenvalue weighted by atomic mass is 9.78. The van der Waals surface area contributed by atoms with Crippen molar-refractivity contribution in [2.45, 2.75) is 38.5 Å². The highest BCUT2D eigenvalue weighted by atomic mass is 19.4. The highest BCUT2D eigenvalue weighted by Crippen LogP contribution is 2.40. The maximum Gasteiger partial charge on any atom is 0.416 e. The topological polar surface area (TPSA) is 12.0 Å². The molecule has 2 atom stereocenters. The van der Waals surface area contributed by atoms with Crippen LogP contribution in [-0.2, 0) is 11.8 Å². The number of piperidine rings is 1. The van der Waals surface area contributed by atoms with E-state index in [1.807, 2.05) is 0 Å². The summed E-state index contributed by atoms with van der Waals surface area (Å²) in [5, 5.41) is 3.15. The summed E-state index contributed by atoms with van der Waals surface area (Å²) < 4.78 is 53.0. The number of halogens is 4. The van der Waals surface area contributed by atoms with Crippen molar-refractivity contribution in [3.8, 4) is 0 Å². The summed E-state index contributed by atoms with van der Waals surface area (Å²) in [7, 11) is 0. The summed E-state index contributed by atoms with van der Waals surface area (Å²) in [6, 6.07) is 3.28. The average molecular weight is 289 g/mol. The molecule has 2 rings (SSSR count). The van der Waals surface area contributed by atoms with Gasteiger partial charge >= 0.3 is 6.18 Å². The highest BCUT2D eigenvalue weighted by Gasteiger charge is 2.39. The van der Waals surface area contributed by atoms with E-state index in [1.165, 1.54) is 13.0 Å². The Morgan fingerprint density at radius 3 is 2.40 bits per heavy atom. The molecule has 1 aromatic carbocycles. The van der Waals surface area contributed by atoms with Crippen LogP contribution in [0.1, 0.15) is 36.5 Å². The fraction of sp³-hybridized carbons (Fsp3) is 0.600. The van der Waals surface area contributed by atoms with Gasteiger partial charge in [0.05, 0.1) is 5.56 Å². The van der Waals surface area contributed by atoms with E-state index in [0.717, 1.165) is 31.5 Å². The lowest BCUT2D eigenvalue weighted by molar-refractivity contribution is -0.137. The second-order valence-electron chi connectivity index (χ2n) is 5.65. The van der Waals surface area contributed by atoms with Crippen molar-refractivity contribution >= 4 is 0 Å². The summed E-state index contributed by atoms with van der Waals surface area (Å²) in [4.78, 5) is 0. The fourth-order valence-corrected chi connectivity index (χ4v) is 2.92. The van der Waals surface area contributed by atoms with Gasteiger partial charge < -0.3 is 5.32 Å². The van der Waals surface area contributed by atoms with Crippen LogP contribution in [0.5, 0.6) is 0 Å². The Kier molecular flexibility index (Phi) is 4.09. The number of nitrogens with one attached hydrogen (secondary N) is 1. The highest BCUT2D eigenvalue weighted by molar-refractivity contribution is 5.36. The molecule has 0 spiro atoms. The van der Waals surface area contributed by atoms with E-state index >= 15 is 4.39 Å². The van der Waals surface area contributed by atoms with Crippen LogP contribution in [-0.4, -0.2) is 13.1 Å². The quantitative estimate of drug-likeness (QED) is 0.805. The third-order valence-electron chi connectivity index (χ3n) is 4.14. The molecule has 0 saturated carbocycles. The van der Waals surface area contributed by atoms with Gasteiger partial charge in [-0.1, -0.05) is 6.07 Å². The van der Waals surface area contributed by atoms with Crippen molar-refractivity contribution in [3.63, 3.8) is 0 Å². The summed E-state index contributed by atoms with van der Waals surface area (Å²) in [5.41, 5.74) is -1.62. The second-order valence-corrected chi connectivity index (χ2v) is 5.65. The summed E-state index contributed by atoms with van der Waals surface area (Å²) in [6.45, 7) is 4.45. The number of hydrogen-bond donors (Lipinski definition) is 1. The van der Waals surface area contributed by atoms with Crippen LogP contribution < -0.4 is 5.32 Å². The molecule has 0 radical (unpaired) electrons. The molecule has 2 unspecified atom stereocenters. The second kappa shape index (κ2) is 5.35. The molecule has 112 valence electrons. The van der Waals surface area contributed by atoms with E-state index in [2.05, 4.69) is 5.32 Å². The largest absolute Gasteiger partial charge is 0.416 e. The van der Waals surface area contributed by atoms with E-state index in [1.54, 1.807) is 6.92 Å². The fourth-order valence-electron chi connectivity index (χ4n) is 2.92. The standard InChI is InChI=1S/C15H19F4N/c1-10-8-11(15(17,18)19)5-6-13(10)14(2,16)12-4-3-7-20-9-12/h5-6,8,12,20H,3-4,7,9H2,1-2H3.